The molecule has 0 unspecified atom stereocenters. The zero-order valence-corrected chi connectivity index (χ0v) is 9.54. The lowest BCUT2D eigenvalue weighted by atomic mass is 9.89. The van der Waals surface area contributed by atoms with Gasteiger partial charge in [-0.1, -0.05) is 18.2 Å². The van der Waals surface area contributed by atoms with Crippen molar-refractivity contribution in [2.24, 2.45) is 0 Å². The van der Waals surface area contributed by atoms with Crippen molar-refractivity contribution >= 4 is 5.97 Å². The maximum Gasteiger partial charge on any atom is 0.303 e. The summed E-state index contributed by atoms with van der Waals surface area (Å²) in [5.74, 6) is -0.696. The van der Waals surface area contributed by atoms with Gasteiger partial charge < -0.3 is 5.11 Å². The highest BCUT2D eigenvalue weighted by Crippen LogP contribution is 2.22. The molecule has 1 aromatic carbocycles. The molecule has 2 rings (SSSR count). The molecule has 2 nitrogen and oxygen atoms in total. The Morgan fingerprint density at radius 3 is 2.69 bits per heavy atom. The molecule has 0 aliphatic heterocycles. The number of aliphatic carboxylic acids is 1. The highest BCUT2D eigenvalue weighted by molar-refractivity contribution is 5.66. The van der Waals surface area contributed by atoms with Gasteiger partial charge in [0, 0.05) is 6.42 Å². The molecule has 0 aromatic heterocycles. The first kappa shape index (κ1) is 11.2. The molecule has 1 aromatic rings. The van der Waals surface area contributed by atoms with Crippen LogP contribution >= 0.6 is 0 Å². The SMILES string of the molecule is O=C(O)CCCc1ccc2c(c1)CCCC2. The number of aryl methyl sites for hydroxylation is 3. The summed E-state index contributed by atoms with van der Waals surface area (Å²) in [6, 6.07) is 6.66. The third-order valence-corrected chi connectivity index (χ3v) is 3.27. The van der Waals surface area contributed by atoms with Crippen molar-refractivity contribution < 1.29 is 9.90 Å². The van der Waals surface area contributed by atoms with Gasteiger partial charge in [-0.15, -0.1) is 0 Å². The molecule has 0 saturated heterocycles. The molecule has 0 amide bonds. The number of hydrogen-bond acceptors (Lipinski definition) is 1. The molecule has 16 heavy (non-hydrogen) atoms. The van der Waals surface area contributed by atoms with Gasteiger partial charge in [0.1, 0.15) is 0 Å². The van der Waals surface area contributed by atoms with E-state index in [9.17, 15) is 4.79 Å². The topological polar surface area (TPSA) is 37.3 Å². The van der Waals surface area contributed by atoms with Crippen molar-refractivity contribution in [1.82, 2.24) is 0 Å². The summed E-state index contributed by atoms with van der Waals surface area (Å²) >= 11 is 0. The van der Waals surface area contributed by atoms with E-state index >= 15 is 0 Å². The average molecular weight is 218 g/mol. The van der Waals surface area contributed by atoms with Crippen molar-refractivity contribution in [1.29, 1.82) is 0 Å². The highest BCUT2D eigenvalue weighted by atomic mass is 16.4. The lowest BCUT2D eigenvalue weighted by Crippen LogP contribution is -2.03. The molecule has 0 heterocycles. The summed E-state index contributed by atoms with van der Waals surface area (Å²) in [4.78, 5) is 10.4. The van der Waals surface area contributed by atoms with E-state index in [-0.39, 0.29) is 6.42 Å². The van der Waals surface area contributed by atoms with Crippen LogP contribution in [0, 0.1) is 0 Å². The van der Waals surface area contributed by atoms with E-state index in [0.29, 0.717) is 0 Å². The lowest BCUT2D eigenvalue weighted by Gasteiger charge is -2.16. The van der Waals surface area contributed by atoms with Gasteiger partial charge in [0.2, 0.25) is 0 Å². The quantitative estimate of drug-likeness (QED) is 0.843. The van der Waals surface area contributed by atoms with E-state index in [2.05, 4.69) is 18.2 Å². The fraction of sp³-hybridized carbons (Fsp3) is 0.500. The predicted molar refractivity (Wildman–Crippen MR) is 63.7 cm³/mol. The summed E-state index contributed by atoms with van der Waals surface area (Å²) in [5, 5.41) is 8.58. The first-order valence-corrected chi connectivity index (χ1v) is 6.08. The number of hydrogen-bond donors (Lipinski definition) is 1. The lowest BCUT2D eigenvalue weighted by molar-refractivity contribution is -0.137. The predicted octanol–water partition coefficient (Wildman–Crippen LogP) is 2.97. The maximum absolute atomic E-state index is 10.4. The van der Waals surface area contributed by atoms with Crippen molar-refractivity contribution in [2.75, 3.05) is 0 Å². The van der Waals surface area contributed by atoms with E-state index in [1.165, 1.54) is 42.4 Å². The second-order valence-corrected chi connectivity index (χ2v) is 4.56. The number of carboxylic acids is 1. The van der Waals surface area contributed by atoms with Crippen molar-refractivity contribution in [3.05, 3.63) is 34.9 Å². The minimum absolute atomic E-state index is 0.275. The third-order valence-electron chi connectivity index (χ3n) is 3.27. The van der Waals surface area contributed by atoms with Crippen molar-refractivity contribution in [2.45, 2.75) is 44.9 Å². The van der Waals surface area contributed by atoms with E-state index in [4.69, 9.17) is 5.11 Å². The zero-order valence-electron chi connectivity index (χ0n) is 9.54. The van der Waals surface area contributed by atoms with Crippen molar-refractivity contribution in [3.63, 3.8) is 0 Å². The summed E-state index contributed by atoms with van der Waals surface area (Å²) < 4.78 is 0. The Kier molecular flexibility index (Phi) is 3.60. The first-order chi connectivity index (χ1) is 7.75. The van der Waals surface area contributed by atoms with E-state index in [0.717, 1.165) is 12.8 Å². The number of fused-ring (bicyclic) bond motifs is 1. The zero-order chi connectivity index (χ0) is 11.4. The second kappa shape index (κ2) is 5.15. The Balaban J connectivity index is 1.97. The van der Waals surface area contributed by atoms with Gasteiger partial charge in [0.15, 0.2) is 0 Å². The van der Waals surface area contributed by atoms with E-state index in [1.54, 1.807) is 0 Å². The summed E-state index contributed by atoms with van der Waals surface area (Å²) in [5.41, 5.74) is 4.27. The van der Waals surface area contributed by atoms with E-state index in [1.807, 2.05) is 0 Å². The molecule has 0 fully saturated rings. The van der Waals surface area contributed by atoms with Gasteiger partial charge in [-0.05, 0) is 55.2 Å². The normalized spacial score (nSPS) is 14.5. The number of carbonyl (C=O) groups is 1. The van der Waals surface area contributed by atoms with Gasteiger partial charge in [-0.2, -0.15) is 0 Å². The second-order valence-electron chi connectivity index (χ2n) is 4.56. The van der Waals surface area contributed by atoms with Crippen LogP contribution in [0.25, 0.3) is 0 Å². The first-order valence-electron chi connectivity index (χ1n) is 6.08. The monoisotopic (exact) mass is 218 g/mol. The minimum Gasteiger partial charge on any atom is -0.481 e. The number of rotatable bonds is 4. The third kappa shape index (κ3) is 2.84. The standard InChI is InChI=1S/C14H18O2/c15-14(16)7-3-4-11-8-9-12-5-1-2-6-13(12)10-11/h8-10H,1-7H2,(H,15,16). The molecule has 0 radical (unpaired) electrons. The fourth-order valence-electron chi connectivity index (χ4n) is 2.39. The van der Waals surface area contributed by atoms with Gasteiger partial charge in [0.05, 0.1) is 0 Å². The molecule has 86 valence electrons. The minimum atomic E-state index is -0.696. The maximum atomic E-state index is 10.4. The van der Waals surface area contributed by atoms with E-state index < -0.39 is 5.97 Å². The highest BCUT2D eigenvalue weighted by Gasteiger charge is 2.09. The smallest absolute Gasteiger partial charge is 0.303 e. The summed E-state index contributed by atoms with van der Waals surface area (Å²) in [6.07, 6.45) is 6.93. The number of benzene rings is 1. The van der Waals surface area contributed by atoms with Crippen LogP contribution in [0.4, 0.5) is 0 Å². The van der Waals surface area contributed by atoms with Gasteiger partial charge in [-0.3, -0.25) is 4.79 Å². The Hall–Kier alpha value is -1.31. The number of carboxylic acid groups (broad SMARTS) is 1. The fourth-order valence-corrected chi connectivity index (χ4v) is 2.39. The molecular formula is C14H18O2. The van der Waals surface area contributed by atoms with Gasteiger partial charge in [0.25, 0.3) is 0 Å². The van der Waals surface area contributed by atoms with Crippen molar-refractivity contribution in [3.8, 4) is 0 Å². The molecule has 1 aliphatic carbocycles. The largest absolute Gasteiger partial charge is 0.481 e. The van der Waals surface area contributed by atoms with Crippen LogP contribution in [0.2, 0.25) is 0 Å². The Labute approximate surface area is 96.3 Å². The Morgan fingerprint density at radius 1 is 1.19 bits per heavy atom. The molecule has 0 spiro atoms. The van der Waals surface area contributed by atoms with Crippen LogP contribution in [0.5, 0.6) is 0 Å². The summed E-state index contributed by atoms with van der Waals surface area (Å²) in [6.45, 7) is 0. The molecule has 2 heteroatoms. The molecule has 0 atom stereocenters. The summed E-state index contributed by atoms with van der Waals surface area (Å²) in [7, 11) is 0. The average Bonchev–Trinajstić information content (AvgIpc) is 2.28. The van der Waals surface area contributed by atoms with Crippen LogP contribution in [0.15, 0.2) is 18.2 Å². The molecule has 0 bridgehead atoms. The van der Waals surface area contributed by atoms with Gasteiger partial charge >= 0.3 is 5.97 Å². The Bertz CT molecular complexity index is 382. The molecule has 1 aliphatic rings. The van der Waals surface area contributed by atoms with Crippen LogP contribution in [0.3, 0.4) is 0 Å². The van der Waals surface area contributed by atoms with Gasteiger partial charge in [-0.25, -0.2) is 0 Å². The molecule has 1 N–H and O–H groups in total. The van der Waals surface area contributed by atoms with Crippen LogP contribution < -0.4 is 0 Å². The molecular weight excluding hydrogens is 200 g/mol. The molecule has 0 saturated carbocycles. The Morgan fingerprint density at radius 2 is 1.94 bits per heavy atom. The van der Waals surface area contributed by atoms with Crippen LogP contribution in [0.1, 0.15) is 42.4 Å². The van der Waals surface area contributed by atoms with Crippen LogP contribution in [-0.4, -0.2) is 11.1 Å². The van der Waals surface area contributed by atoms with Crippen LogP contribution in [-0.2, 0) is 24.1 Å².